The van der Waals surface area contributed by atoms with Crippen molar-refractivity contribution in [3.63, 3.8) is 0 Å². The highest BCUT2D eigenvalue weighted by molar-refractivity contribution is 5.76. The van der Waals surface area contributed by atoms with Crippen molar-refractivity contribution in [1.82, 2.24) is 20.5 Å². The lowest BCUT2D eigenvalue weighted by Crippen LogP contribution is -2.42. The van der Waals surface area contributed by atoms with Crippen molar-refractivity contribution in [3.05, 3.63) is 30.2 Å². The van der Waals surface area contributed by atoms with Crippen LogP contribution in [-0.2, 0) is 16.0 Å². The van der Waals surface area contributed by atoms with E-state index in [0.29, 0.717) is 37.9 Å². The molecule has 2 amide bonds. The summed E-state index contributed by atoms with van der Waals surface area (Å²) in [7, 11) is 2.02. The molecule has 26 heavy (non-hydrogen) atoms. The highest BCUT2D eigenvalue weighted by Crippen LogP contribution is 2.24. The number of hydrogen-bond acceptors (Lipinski definition) is 5. The van der Waals surface area contributed by atoms with Gasteiger partial charge in [-0.3, -0.25) is 14.5 Å². The first kappa shape index (κ1) is 18.4. The van der Waals surface area contributed by atoms with Crippen LogP contribution in [0.3, 0.4) is 0 Å². The Bertz CT molecular complexity index is 740. The molecular weight excluding hydrogens is 332 g/mol. The molecule has 0 radical (unpaired) electrons. The van der Waals surface area contributed by atoms with E-state index in [0.717, 1.165) is 23.9 Å². The van der Waals surface area contributed by atoms with E-state index >= 15 is 0 Å². The van der Waals surface area contributed by atoms with Crippen LogP contribution in [-0.4, -0.2) is 53.9 Å². The number of aromatic nitrogens is 1. The fourth-order valence-corrected chi connectivity index (χ4v) is 3.47. The summed E-state index contributed by atoms with van der Waals surface area (Å²) in [5, 5.41) is 5.81. The number of para-hydroxylation sites is 2. The summed E-state index contributed by atoms with van der Waals surface area (Å²) in [4.78, 5) is 29.9. The maximum atomic E-state index is 12.2. The fraction of sp³-hybridized carbons (Fsp3) is 0.526. The predicted octanol–water partition coefficient (Wildman–Crippen LogP) is 1.48. The van der Waals surface area contributed by atoms with Gasteiger partial charge < -0.3 is 15.1 Å². The number of carbonyl (C=O) groups excluding carboxylic acids is 2. The monoisotopic (exact) mass is 358 g/mol. The molecule has 0 spiro atoms. The minimum absolute atomic E-state index is 0.0150. The van der Waals surface area contributed by atoms with Crippen molar-refractivity contribution in [2.75, 3.05) is 20.1 Å². The zero-order chi connectivity index (χ0) is 18.5. The topological polar surface area (TPSA) is 87.5 Å². The van der Waals surface area contributed by atoms with Crippen LogP contribution in [0.4, 0.5) is 0 Å². The highest BCUT2D eigenvalue weighted by atomic mass is 16.3. The van der Waals surface area contributed by atoms with Crippen LogP contribution in [0.2, 0.25) is 0 Å². The summed E-state index contributed by atoms with van der Waals surface area (Å²) in [5.41, 5.74) is 1.61. The van der Waals surface area contributed by atoms with Crippen LogP contribution in [0.1, 0.15) is 32.1 Å². The standard InChI is InChI=1S/C19H26N4O3/c1-13(24)21-12-15-8-7-14(23(15)2)11-18(25)20-10-9-19-22-16-5-3-4-6-17(16)26-19/h3-6,14-15H,7-12H2,1-2H3,(H,20,25)(H,21,24)/t14-,15+/m0/s1. The van der Waals surface area contributed by atoms with Gasteiger partial charge in [0.25, 0.3) is 0 Å². The highest BCUT2D eigenvalue weighted by Gasteiger charge is 2.31. The first-order valence-corrected chi connectivity index (χ1v) is 9.10. The molecule has 0 aliphatic carbocycles. The Morgan fingerprint density at radius 3 is 2.77 bits per heavy atom. The molecule has 0 bridgehead atoms. The molecule has 7 heteroatoms. The number of nitrogens with zero attached hydrogens (tertiary/aromatic N) is 2. The van der Waals surface area contributed by atoms with Crippen molar-refractivity contribution in [3.8, 4) is 0 Å². The van der Waals surface area contributed by atoms with Gasteiger partial charge in [0.05, 0.1) is 0 Å². The lowest BCUT2D eigenvalue weighted by Gasteiger charge is -2.25. The van der Waals surface area contributed by atoms with Crippen molar-refractivity contribution < 1.29 is 14.0 Å². The summed E-state index contributed by atoms with van der Waals surface area (Å²) in [6, 6.07) is 8.16. The number of fused-ring (bicyclic) bond motifs is 1. The Morgan fingerprint density at radius 2 is 2.00 bits per heavy atom. The van der Waals surface area contributed by atoms with E-state index in [4.69, 9.17) is 4.42 Å². The number of hydrogen-bond donors (Lipinski definition) is 2. The Labute approximate surface area is 153 Å². The smallest absolute Gasteiger partial charge is 0.221 e. The van der Waals surface area contributed by atoms with Gasteiger partial charge in [-0.25, -0.2) is 4.98 Å². The van der Waals surface area contributed by atoms with Crippen molar-refractivity contribution in [1.29, 1.82) is 0 Å². The van der Waals surface area contributed by atoms with Gasteiger partial charge in [0.15, 0.2) is 11.5 Å². The Hall–Kier alpha value is -2.41. The Kier molecular flexibility index (Phi) is 5.88. The number of benzene rings is 1. The molecule has 3 rings (SSSR count). The lowest BCUT2D eigenvalue weighted by molar-refractivity contribution is -0.122. The van der Waals surface area contributed by atoms with Gasteiger partial charge in [-0.2, -0.15) is 0 Å². The van der Waals surface area contributed by atoms with Gasteiger partial charge in [0.1, 0.15) is 5.52 Å². The van der Waals surface area contributed by atoms with E-state index in [1.807, 2.05) is 31.3 Å². The SMILES string of the molecule is CC(=O)NC[C@H]1CC[C@@H](CC(=O)NCCc2nc3ccccc3o2)N1C. The number of rotatable bonds is 7. The number of likely N-dealkylation sites (N-methyl/N-ethyl adjacent to an activating group) is 1. The predicted molar refractivity (Wildman–Crippen MR) is 98.6 cm³/mol. The molecule has 7 nitrogen and oxygen atoms in total. The van der Waals surface area contributed by atoms with E-state index in [1.165, 1.54) is 6.92 Å². The van der Waals surface area contributed by atoms with E-state index < -0.39 is 0 Å². The van der Waals surface area contributed by atoms with E-state index in [1.54, 1.807) is 0 Å². The quantitative estimate of drug-likeness (QED) is 0.783. The van der Waals surface area contributed by atoms with Gasteiger partial charge in [-0.15, -0.1) is 0 Å². The Morgan fingerprint density at radius 1 is 1.23 bits per heavy atom. The number of carbonyl (C=O) groups is 2. The van der Waals surface area contributed by atoms with E-state index in [9.17, 15) is 9.59 Å². The second-order valence-electron chi connectivity index (χ2n) is 6.87. The fourth-order valence-electron chi connectivity index (χ4n) is 3.47. The normalized spacial score (nSPS) is 20.4. The third-order valence-corrected chi connectivity index (χ3v) is 4.99. The molecule has 1 fully saturated rings. The molecule has 2 heterocycles. The number of amides is 2. The van der Waals surface area contributed by atoms with Gasteiger partial charge in [-0.1, -0.05) is 12.1 Å². The molecule has 1 aliphatic rings. The number of oxazole rings is 1. The summed E-state index contributed by atoms with van der Waals surface area (Å²) in [5.74, 6) is 0.664. The van der Waals surface area contributed by atoms with Crippen molar-refractivity contribution in [2.45, 2.75) is 44.7 Å². The van der Waals surface area contributed by atoms with Crippen LogP contribution in [0.5, 0.6) is 0 Å². The van der Waals surface area contributed by atoms with E-state index in [2.05, 4.69) is 20.5 Å². The first-order valence-electron chi connectivity index (χ1n) is 9.10. The molecule has 1 aromatic carbocycles. The summed E-state index contributed by atoms with van der Waals surface area (Å²) in [6.45, 7) is 2.68. The average Bonchev–Trinajstić information content (AvgIpc) is 3.17. The van der Waals surface area contributed by atoms with Crippen LogP contribution < -0.4 is 10.6 Å². The molecule has 140 valence electrons. The molecule has 2 N–H and O–H groups in total. The first-order chi connectivity index (χ1) is 12.5. The molecule has 2 aromatic rings. The maximum absolute atomic E-state index is 12.2. The van der Waals surface area contributed by atoms with Gasteiger partial charge in [0.2, 0.25) is 11.8 Å². The van der Waals surface area contributed by atoms with Gasteiger partial charge >= 0.3 is 0 Å². The van der Waals surface area contributed by atoms with Crippen molar-refractivity contribution >= 4 is 22.9 Å². The summed E-state index contributed by atoms with van der Waals surface area (Å²) in [6.07, 6.45) is 3.02. The van der Waals surface area contributed by atoms with Gasteiger partial charge in [-0.05, 0) is 32.0 Å². The molecule has 0 unspecified atom stereocenters. The number of nitrogens with one attached hydrogen (secondary N) is 2. The van der Waals surface area contributed by atoms with Crippen LogP contribution in [0.25, 0.3) is 11.1 Å². The maximum Gasteiger partial charge on any atom is 0.221 e. The second kappa shape index (κ2) is 8.31. The van der Waals surface area contributed by atoms with Crippen molar-refractivity contribution in [2.24, 2.45) is 0 Å². The molecule has 0 saturated carbocycles. The minimum atomic E-state index is -0.0150. The lowest BCUT2D eigenvalue weighted by atomic mass is 10.1. The molecular formula is C19H26N4O3. The second-order valence-corrected chi connectivity index (χ2v) is 6.87. The zero-order valence-electron chi connectivity index (χ0n) is 15.3. The summed E-state index contributed by atoms with van der Waals surface area (Å²) >= 11 is 0. The van der Waals surface area contributed by atoms with Gasteiger partial charge in [0, 0.05) is 44.9 Å². The van der Waals surface area contributed by atoms with Crippen LogP contribution in [0, 0.1) is 0 Å². The molecule has 2 atom stereocenters. The molecule has 1 aromatic heterocycles. The van der Waals surface area contributed by atoms with Crippen LogP contribution in [0.15, 0.2) is 28.7 Å². The third-order valence-electron chi connectivity index (χ3n) is 4.99. The average molecular weight is 358 g/mol. The zero-order valence-corrected chi connectivity index (χ0v) is 15.3. The molecule has 1 saturated heterocycles. The summed E-state index contributed by atoms with van der Waals surface area (Å²) < 4.78 is 5.66. The minimum Gasteiger partial charge on any atom is -0.441 e. The third kappa shape index (κ3) is 4.60. The molecule has 1 aliphatic heterocycles. The largest absolute Gasteiger partial charge is 0.441 e. The van der Waals surface area contributed by atoms with E-state index in [-0.39, 0.29) is 17.9 Å². The Balaban J connectivity index is 1.40. The van der Waals surface area contributed by atoms with Crippen LogP contribution >= 0.6 is 0 Å². The number of likely N-dealkylation sites (tertiary alicyclic amines) is 1.